The minimum Gasteiger partial charge on any atom is -0.338 e. The minimum absolute atomic E-state index is 0.0190. The maximum absolute atomic E-state index is 13.0. The number of anilines is 1. The number of rotatable bonds is 5. The average molecular weight is 397 g/mol. The van der Waals surface area contributed by atoms with Crippen LogP contribution >= 0.6 is 23.2 Å². The van der Waals surface area contributed by atoms with E-state index < -0.39 is 22.5 Å². The second-order valence-corrected chi connectivity index (χ2v) is 5.88. The third kappa shape index (κ3) is 4.81. The zero-order chi connectivity index (χ0) is 19.3. The fraction of sp³-hybridized carbons (Fsp3) is 0.125. The molecule has 2 amide bonds. The molecule has 2 N–H and O–H groups in total. The van der Waals surface area contributed by atoms with E-state index in [1.54, 1.807) is 6.07 Å². The average Bonchev–Trinajstić information content (AvgIpc) is 2.58. The molecule has 0 heterocycles. The molecule has 10 heteroatoms. The highest BCUT2D eigenvalue weighted by molar-refractivity contribution is 6.35. The van der Waals surface area contributed by atoms with Crippen LogP contribution in [-0.4, -0.2) is 17.5 Å². The highest BCUT2D eigenvalue weighted by Crippen LogP contribution is 2.33. The summed E-state index contributed by atoms with van der Waals surface area (Å²) in [5.41, 5.74) is 0.0804. The minimum atomic E-state index is -0.747. The molecule has 0 aromatic heterocycles. The molecule has 0 unspecified atom stereocenters. The van der Waals surface area contributed by atoms with Gasteiger partial charge in [0.25, 0.3) is 5.69 Å². The number of amides is 2. The van der Waals surface area contributed by atoms with Crippen molar-refractivity contribution in [3.63, 3.8) is 0 Å². The Morgan fingerprint density at radius 1 is 1.31 bits per heavy atom. The molecule has 0 bridgehead atoms. The molecule has 26 heavy (non-hydrogen) atoms. The summed E-state index contributed by atoms with van der Waals surface area (Å²) in [4.78, 5) is 22.2. The van der Waals surface area contributed by atoms with Crippen LogP contribution in [-0.2, 0) is 6.42 Å². The van der Waals surface area contributed by atoms with Crippen molar-refractivity contribution < 1.29 is 14.1 Å². The quantitative estimate of drug-likeness (QED) is 0.580. The summed E-state index contributed by atoms with van der Waals surface area (Å²) in [6, 6.07) is 7.27. The number of carbonyl (C=O) groups is 1. The van der Waals surface area contributed by atoms with Crippen LogP contribution in [0.15, 0.2) is 30.3 Å². The van der Waals surface area contributed by atoms with Gasteiger partial charge in [-0.15, -0.1) is 0 Å². The lowest BCUT2D eigenvalue weighted by Gasteiger charge is -2.10. The van der Waals surface area contributed by atoms with Gasteiger partial charge in [-0.25, -0.2) is 9.18 Å². The lowest BCUT2D eigenvalue weighted by molar-refractivity contribution is -0.384. The first-order valence-electron chi connectivity index (χ1n) is 7.18. The number of nitriles is 1. The normalized spacial score (nSPS) is 10.1. The molecular formula is C16H11Cl2FN4O3. The van der Waals surface area contributed by atoms with E-state index in [4.69, 9.17) is 28.5 Å². The van der Waals surface area contributed by atoms with Crippen LogP contribution < -0.4 is 10.6 Å². The Morgan fingerprint density at radius 2 is 2.04 bits per heavy atom. The first-order chi connectivity index (χ1) is 12.3. The Hall–Kier alpha value is -2.89. The van der Waals surface area contributed by atoms with E-state index in [0.717, 1.165) is 6.07 Å². The zero-order valence-corrected chi connectivity index (χ0v) is 14.6. The lowest BCUT2D eigenvalue weighted by atomic mass is 10.1. The van der Waals surface area contributed by atoms with Crippen molar-refractivity contribution >= 4 is 40.6 Å². The molecule has 0 fully saturated rings. The summed E-state index contributed by atoms with van der Waals surface area (Å²) in [6.07, 6.45) is 0.346. The molecule has 2 aromatic carbocycles. The topological polar surface area (TPSA) is 108 Å². The van der Waals surface area contributed by atoms with E-state index in [0.29, 0.717) is 12.0 Å². The van der Waals surface area contributed by atoms with Crippen molar-refractivity contribution in [2.24, 2.45) is 0 Å². The summed E-state index contributed by atoms with van der Waals surface area (Å²) < 4.78 is 13.0. The zero-order valence-electron chi connectivity index (χ0n) is 13.1. The molecule has 134 valence electrons. The molecule has 0 aliphatic carbocycles. The van der Waals surface area contributed by atoms with Gasteiger partial charge in [-0.1, -0.05) is 29.3 Å². The molecule has 0 spiro atoms. The monoisotopic (exact) mass is 396 g/mol. The van der Waals surface area contributed by atoms with Gasteiger partial charge >= 0.3 is 6.03 Å². The summed E-state index contributed by atoms with van der Waals surface area (Å²) >= 11 is 11.8. The number of hydrogen-bond acceptors (Lipinski definition) is 4. The number of halogens is 3. The summed E-state index contributed by atoms with van der Waals surface area (Å²) in [6.45, 7) is 0.175. The number of benzene rings is 2. The Bertz CT molecular complexity index is 915. The Labute approximate surface area is 157 Å². The van der Waals surface area contributed by atoms with Crippen LogP contribution in [0, 0.1) is 27.3 Å². The van der Waals surface area contributed by atoms with Crippen LogP contribution in [0.5, 0.6) is 0 Å². The van der Waals surface area contributed by atoms with Gasteiger partial charge in [0.1, 0.15) is 10.8 Å². The first-order valence-corrected chi connectivity index (χ1v) is 7.94. The van der Waals surface area contributed by atoms with Gasteiger partial charge in [0, 0.05) is 17.6 Å². The first kappa shape index (κ1) is 19.4. The molecule has 0 radical (unpaired) electrons. The summed E-state index contributed by atoms with van der Waals surface area (Å²) in [5.74, 6) is -0.460. The van der Waals surface area contributed by atoms with Crippen molar-refractivity contribution in [2.45, 2.75) is 6.42 Å². The standard InChI is InChI=1S/C16H11Cl2FN4O3/c17-12-7-11(19)2-1-10(12)3-4-21-16(24)22-13-5-9(8-20)6-14(15(13)18)23(25)26/h1-2,5-7H,3-4H2,(H2,21,22,24). The molecular weight excluding hydrogens is 386 g/mol. The van der Waals surface area contributed by atoms with Crippen LogP contribution in [0.1, 0.15) is 11.1 Å². The van der Waals surface area contributed by atoms with Crippen molar-refractivity contribution in [3.05, 3.63) is 67.4 Å². The molecule has 2 rings (SSSR count). The smallest absolute Gasteiger partial charge is 0.319 e. The van der Waals surface area contributed by atoms with Crippen molar-refractivity contribution in [1.29, 1.82) is 5.26 Å². The van der Waals surface area contributed by atoms with Crippen molar-refractivity contribution in [2.75, 3.05) is 11.9 Å². The third-order valence-electron chi connectivity index (χ3n) is 3.32. The van der Waals surface area contributed by atoms with E-state index in [1.807, 2.05) is 0 Å². The maximum atomic E-state index is 13.0. The molecule has 0 saturated carbocycles. The van der Waals surface area contributed by atoms with Crippen LogP contribution in [0.2, 0.25) is 10.0 Å². The number of carbonyl (C=O) groups excluding carboxylic acids is 1. The number of nitrogens with zero attached hydrogens (tertiary/aromatic N) is 2. The van der Waals surface area contributed by atoms with E-state index in [1.165, 1.54) is 24.3 Å². The fourth-order valence-electron chi connectivity index (χ4n) is 2.10. The summed E-state index contributed by atoms with van der Waals surface area (Å²) in [7, 11) is 0. The number of nitro benzene ring substituents is 1. The number of nitro groups is 1. The molecule has 0 aliphatic rings. The highest BCUT2D eigenvalue weighted by atomic mass is 35.5. The Kier molecular flexibility index (Phi) is 6.33. The van der Waals surface area contributed by atoms with Gasteiger partial charge in [-0.2, -0.15) is 5.26 Å². The SMILES string of the molecule is N#Cc1cc(NC(=O)NCCc2ccc(F)cc2Cl)c(Cl)c([N+](=O)[O-])c1. The largest absolute Gasteiger partial charge is 0.338 e. The van der Waals surface area contributed by atoms with E-state index in [2.05, 4.69) is 10.6 Å². The highest BCUT2D eigenvalue weighted by Gasteiger charge is 2.19. The molecule has 0 aliphatic heterocycles. The molecule has 2 aromatic rings. The van der Waals surface area contributed by atoms with Crippen molar-refractivity contribution in [1.82, 2.24) is 5.32 Å². The lowest BCUT2D eigenvalue weighted by Crippen LogP contribution is -2.30. The number of hydrogen-bond donors (Lipinski definition) is 2. The molecule has 0 atom stereocenters. The van der Waals surface area contributed by atoms with Crippen LogP contribution in [0.25, 0.3) is 0 Å². The van der Waals surface area contributed by atoms with Gasteiger partial charge < -0.3 is 10.6 Å². The predicted octanol–water partition coefficient (Wildman–Crippen LogP) is 4.28. The predicted molar refractivity (Wildman–Crippen MR) is 95.0 cm³/mol. The number of nitrogens with one attached hydrogen (secondary N) is 2. The third-order valence-corrected chi connectivity index (χ3v) is 4.07. The van der Waals surface area contributed by atoms with Crippen molar-refractivity contribution in [3.8, 4) is 6.07 Å². The Morgan fingerprint density at radius 3 is 2.65 bits per heavy atom. The number of urea groups is 1. The van der Waals surface area contributed by atoms with E-state index in [-0.39, 0.29) is 27.8 Å². The van der Waals surface area contributed by atoms with Crippen LogP contribution in [0.4, 0.5) is 20.6 Å². The fourth-order valence-corrected chi connectivity index (χ4v) is 2.59. The van der Waals surface area contributed by atoms with Gasteiger partial charge in [-0.05, 0) is 30.2 Å². The second-order valence-electron chi connectivity index (χ2n) is 5.09. The van der Waals surface area contributed by atoms with Crippen LogP contribution in [0.3, 0.4) is 0 Å². The van der Waals surface area contributed by atoms with E-state index in [9.17, 15) is 19.3 Å². The van der Waals surface area contributed by atoms with Gasteiger partial charge in [-0.3, -0.25) is 10.1 Å². The van der Waals surface area contributed by atoms with Gasteiger partial charge in [0.05, 0.1) is 22.2 Å². The molecule has 0 saturated heterocycles. The molecule has 7 nitrogen and oxygen atoms in total. The van der Waals surface area contributed by atoms with Gasteiger partial charge in [0.15, 0.2) is 0 Å². The Balaban J connectivity index is 2.02. The maximum Gasteiger partial charge on any atom is 0.319 e. The second kappa shape index (κ2) is 8.47. The van der Waals surface area contributed by atoms with E-state index >= 15 is 0 Å². The summed E-state index contributed by atoms with van der Waals surface area (Å²) in [5, 5.41) is 24.7. The van der Waals surface area contributed by atoms with Gasteiger partial charge in [0.2, 0.25) is 0 Å².